The van der Waals surface area contributed by atoms with Crippen LogP contribution in [0.25, 0.3) is 0 Å². The van der Waals surface area contributed by atoms with E-state index >= 15 is 0 Å². The van der Waals surface area contributed by atoms with Crippen molar-refractivity contribution in [2.45, 2.75) is 6.42 Å². The van der Waals surface area contributed by atoms with Crippen LogP contribution < -0.4 is 5.43 Å². The van der Waals surface area contributed by atoms with E-state index in [1.165, 1.54) is 0 Å². The fraction of sp³-hybridized carbons (Fsp3) is 0.125. The zero-order valence-electron chi connectivity index (χ0n) is 6.61. The second-order valence-electron chi connectivity index (χ2n) is 2.48. The molecule has 1 aromatic heterocycles. The first-order valence-corrected chi connectivity index (χ1v) is 3.52. The number of carboxylic acid groups (broad SMARTS) is 1. The number of hydrogen-bond acceptors (Lipinski definition) is 3. The monoisotopic (exact) mass is 181 g/mol. The van der Waals surface area contributed by atoms with Crippen molar-refractivity contribution in [3.8, 4) is 0 Å². The average molecular weight is 181 g/mol. The number of aliphatic carboxylic acids is 1. The maximum Gasteiger partial charge on any atom is 0.309 e. The van der Waals surface area contributed by atoms with Gasteiger partial charge >= 0.3 is 5.97 Å². The Balaban J connectivity index is 3.08. The molecule has 0 aliphatic heterocycles. The van der Waals surface area contributed by atoms with Crippen LogP contribution in [0.15, 0.2) is 16.9 Å². The number of carboxylic acids is 1. The first-order valence-electron chi connectivity index (χ1n) is 3.52. The van der Waals surface area contributed by atoms with Crippen molar-refractivity contribution in [3.63, 3.8) is 0 Å². The highest BCUT2D eigenvalue weighted by Gasteiger charge is 2.02. The molecule has 0 spiro atoms. The molecule has 0 amide bonds. The van der Waals surface area contributed by atoms with E-state index in [-0.39, 0.29) is 23.2 Å². The van der Waals surface area contributed by atoms with Gasteiger partial charge in [0.25, 0.3) is 0 Å². The van der Waals surface area contributed by atoms with E-state index in [9.17, 15) is 14.4 Å². The minimum Gasteiger partial charge on any atom is -0.481 e. The smallest absolute Gasteiger partial charge is 0.309 e. The zero-order valence-corrected chi connectivity index (χ0v) is 6.61. The summed E-state index contributed by atoms with van der Waals surface area (Å²) >= 11 is 0. The third-order valence-electron chi connectivity index (χ3n) is 1.39. The number of hydrogen-bond donors (Lipinski definition) is 2. The number of aromatic amines is 1. The molecule has 13 heavy (non-hydrogen) atoms. The number of rotatable bonds is 3. The summed E-state index contributed by atoms with van der Waals surface area (Å²) in [6, 6.07) is 2.26. The standard InChI is InChI=1S/C8H7NO4/c10-4-6-2-7(11)1-5(9-6)3-8(12)13/h1-2,4H,3H2,(H,9,11)(H,12,13). The molecule has 68 valence electrons. The summed E-state index contributed by atoms with van der Waals surface area (Å²) in [4.78, 5) is 33.9. The highest BCUT2D eigenvalue weighted by Crippen LogP contribution is 1.93. The Morgan fingerprint density at radius 1 is 1.54 bits per heavy atom. The summed E-state index contributed by atoms with van der Waals surface area (Å²) in [5.41, 5.74) is -0.0667. The van der Waals surface area contributed by atoms with Crippen LogP contribution in [0.3, 0.4) is 0 Å². The Bertz CT molecular complexity index is 393. The molecule has 0 aromatic carbocycles. The molecule has 2 N–H and O–H groups in total. The quantitative estimate of drug-likeness (QED) is 0.633. The number of pyridine rings is 1. The van der Waals surface area contributed by atoms with Gasteiger partial charge in [0.1, 0.15) is 0 Å². The number of aromatic nitrogens is 1. The Morgan fingerprint density at radius 2 is 2.23 bits per heavy atom. The maximum atomic E-state index is 10.9. The third-order valence-corrected chi connectivity index (χ3v) is 1.39. The molecule has 0 aliphatic carbocycles. The van der Waals surface area contributed by atoms with Crippen LogP contribution in [0.1, 0.15) is 16.2 Å². The number of carbonyl (C=O) groups is 2. The maximum absolute atomic E-state index is 10.9. The summed E-state index contributed by atoms with van der Waals surface area (Å²) in [5.74, 6) is -1.06. The molecule has 0 bridgehead atoms. The van der Waals surface area contributed by atoms with Gasteiger partial charge in [0.05, 0.1) is 12.1 Å². The van der Waals surface area contributed by atoms with Crippen molar-refractivity contribution in [1.29, 1.82) is 0 Å². The van der Waals surface area contributed by atoms with Crippen LogP contribution in [0.2, 0.25) is 0 Å². The molecule has 0 saturated heterocycles. The van der Waals surface area contributed by atoms with Gasteiger partial charge in [-0.2, -0.15) is 0 Å². The van der Waals surface area contributed by atoms with Gasteiger partial charge in [0, 0.05) is 17.8 Å². The van der Waals surface area contributed by atoms with Gasteiger partial charge in [0.15, 0.2) is 11.7 Å². The number of carbonyl (C=O) groups excluding carboxylic acids is 1. The molecule has 1 aromatic rings. The Kier molecular flexibility index (Phi) is 2.59. The Labute approximate surface area is 73.0 Å². The first kappa shape index (κ1) is 9.18. The van der Waals surface area contributed by atoms with Crippen LogP contribution in [0.4, 0.5) is 0 Å². The van der Waals surface area contributed by atoms with Gasteiger partial charge in [-0.3, -0.25) is 14.4 Å². The van der Waals surface area contributed by atoms with Gasteiger partial charge in [-0.1, -0.05) is 0 Å². The molecule has 0 saturated carbocycles. The fourth-order valence-corrected chi connectivity index (χ4v) is 0.946. The minimum atomic E-state index is -1.06. The molecule has 1 rings (SSSR count). The topological polar surface area (TPSA) is 87.2 Å². The zero-order chi connectivity index (χ0) is 9.84. The highest BCUT2D eigenvalue weighted by atomic mass is 16.4. The van der Waals surface area contributed by atoms with E-state index in [0.717, 1.165) is 12.1 Å². The molecular formula is C8H7NO4. The second kappa shape index (κ2) is 3.66. The first-order chi connectivity index (χ1) is 6.11. The molecule has 5 nitrogen and oxygen atoms in total. The van der Waals surface area contributed by atoms with E-state index < -0.39 is 5.97 Å². The fourth-order valence-electron chi connectivity index (χ4n) is 0.946. The highest BCUT2D eigenvalue weighted by molar-refractivity contribution is 5.73. The molecule has 1 heterocycles. The van der Waals surface area contributed by atoms with Crippen molar-refractivity contribution < 1.29 is 14.7 Å². The summed E-state index contributed by atoms with van der Waals surface area (Å²) in [7, 11) is 0. The summed E-state index contributed by atoms with van der Waals surface area (Å²) in [6.45, 7) is 0. The van der Waals surface area contributed by atoms with Crippen LogP contribution in [0.5, 0.6) is 0 Å². The summed E-state index contributed by atoms with van der Waals surface area (Å²) in [6.07, 6.45) is 0.170. The van der Waals surface area contributed by atoms with Crippen molar-refractivity contribution in [1.82, 2.24) is 4.98 Å². The molecule has 0 unspecified atom stereocenters. The predicted molar refractivity (Wildman–Crippen MR) is 43.8 cm³/mol. The molecule has 0 atom stereocenters. The third kappa shape index (κ3) is 2.55. The van der Waals surface area contributed by atoms with Gasteiger partial charge in [-0.15, -0.1) is 0 Å². The molecule has 0 radical (unpaired) electrons. The van der Waals surface area contributed by atoms with E-state index in [0.29, 0.717) is 6.29 Å². The normalized spacial score (nSPS) is 9.54. The second-order valence-corrected chi connectivity index (χ2v) is 2.48. The van der Waals surface area contributed by atoms with Gasteiger partial charge in [0.2, 0.25) is 0 Å². The van der Waals surface area contributed by atoms with E-state index in [2.05, 4.69) is 4.98 Å². The van der Waals surface area contributed by atoms with Gasteiger partial charge < -0.3 is 10.1 Å². The molecule has 0 aliphatic rings. The Hall–Kier alpha value is -1.91. The van der Waals surface area contributed by atoms with Gasteiger partial charge in [-0.05, 0) is 0 Å². The lowest BCUT2D eigenvalue weighted by atomic mass is 10.2. The van der Waals surface area contributed by atoms with E-state index in [4.69, 9.17) is 5.11 Å². The minimum absolute atomic E-state index is 0.0868. The van der Waals surface area contributed by atoms with Crippen LogP contribution in [-0.4, -0.2) is 22.3 Å². The van der Waals surface area contributed by atoms with Crippen molar-refractivity contribution in [2.75, 3.05) is 0 Å². The van der Waals surface area contributed by atoms with Crippen LogP contribution in [-0.2, 0) is 11.2 Å². The van der Waals surface area contributed by atoms with Gasteiger partial charge in [-0.25, -0.2) is 0 Å². The summed E-state index contributed by atoms with van der Waals surface area (Å²) in [5, 5.41) is 8.41. The Morgan fingerprint density at radius 3 is 2.77 bits per heavy atom. The van der Waals surface area contributed by atoms with Crippen molar-refractivity contribution >= 4 is 12.3 Å². The van der Waals surface area contributed by atoms with E-state index in [1.54, 1.807) is 0 Å². The lowest BCUT2D eigenvalue weighted by Gasteiger charge is -1.97. The van der Waals surface area contributed by atoms with E-state index in [1.807, 2.05) is 0 Å². The largest absolute Gasteiger partial charge is 0.481 e. The molecule has 0 fully saturated rings. The number of nitrogens with one attached hydrogen (secondary N) is 1. The summed E-state index contributed by atoms with van der Waals surface area (Å²) < 4.78 is 0. The molecule has 5 heteroatoms. The average Bonchev–Trinajstić information content (AvgIpc) is 2.01. The number of H-pyrrole nitrogens is 1. The van der Waals surface area contributed by atoms with Crippen molar-refractivity contribution in [3.05, 3.63) is 33.7 Å². The van der Waals surface area contributed by atoms with Crippen LogP contribution >= 0.6 is 0 Å². The lowest BCUT2D eigenvalue weighted by Crippen LogP contribution is -2.10. The van der Waals surface area contributed by atoms with Crippen LogP contribution in [0, 0.1) is 0 Å². The SMILES string of the molecule is O=Cc1cc(=O)cc(CC(=O)O)[nH]1. The predicted octanol–water partition coefficient (Wildman–Crippen LogP) is -0.185. The lowest BCUT2D eigenvalue weighted by molar-refractivity contribution is -0.136. The van der Waals surface area contributed by atoms with Crippen molar-refractivity contribution in [2.24, 2.45) is 0 Å². The molecular weight excluding hydrogens is 174 g/mol. The number of aldehydes is 1.